The number of ether oxygens (including phenoxy) is 2. The SMILES string of the molecule is CCCCC(=O)NCC(C)(C)SSCOC1C[C@H](n2ccc(N)nc2=O)O[C@@H]1COP(=O)(O)OP(=O)(O)OP(=O)(O)O. The van der Waals surface area contributed by atoms with Gasteiger partial charge in [-0.1, -0.05) is 34.9 Å². The topological polar surface area (TPSA) is 268 Å². The summed E-state index contributed by atoms with van der Waals surface area (Å²) in [6.07, 6.45) is 0.627. The number of rotatable bonds is 18. The fraction of sp³-hybridized carbons (Fsp3) is 0.737. The molecule has 0 aromatic carbocycles. The predicted octanol–water partition coefficient (Wildman–Crippen LogP) is 2.27. The van der Waals surface area contributed by atoms with Gasteiger partial charge in [-0.3, -0.25) is 13.9 Å². The summed E-state index contributed by atoms with van der Waals surface area (Å²) in [6, 6.07) is 1.36. The Morgan fingerprint density at radius 3 is 2.55 bits per heavy atom. The molecule has 1 aromatic rings. The lowest BCUT2D eigenvalue weighted by Gasteiger charge is -2.24. The van der Waals surface area contributed by atoms with Crippen LogP contribution in [-0.4, -0.2) is 71.1 Å². The fourth-order valence-electron chi connectivity index (χ4n) is 3.38. The molecular formula is C19H35N4O14P3S2. The van der Waals surface area contributed by atoms with E-state index in [0.717, 1.165) is 17.4 Å². The molecule has 3 unspecified atom stereocenters. The number of nitrogens with one attached hydrogen (secondary N) is 1. The molecule has 2 rings (SSSR count). The Hall–Kier alpha value is -0.820. The molecule has 0 radical (unpaired) electrons. The van der Waals surface area contributed by atoms with Crippen molar-refractivity contribution < 1.29 is 60.7 Å². The number of phosphoric acid groups is 3. The predicted molar refractivity (Wildman–Crippen MR) is 153 cm³/mol. The highest BCUT2D eigenvalue weighted by Gasteiger charge is 2.43. The number of hydrogen-bond acceptors (Lipinski definition) is 14. The van der Waals surface area contributed by atoms with Gasteiger partial charge in [-0.05, 0) is 26.3 Å². The molecule has 0 saturated carbocycles. The molecule has 23 heteroatoms. The Kier molecular flexibility index (Phi) is 14.2. The summed E-state index contributed by atoms with van der Waals surface area (Å²) < 4.78 is 59.2. The number of amides is 1. The molecule has 0 aliphatic carbocycles. The first-order valence-electron chi connectivity index (χ1n) is 12.3. The van der Waals surface area contributed by atoms with Crippen LogP contribution in [0.25, 0.3) is 0 Å². The molecule has 5 atom stereocenters. The maximum atomic E-state index is 12.3. The van der Waals surface area contributed by atoms with E-state index in [2.05, 4.69) is 18.9 Å². The Labute approximate surface area is 249 Å². The zero-order valence-electron chi connectivity index (χ0n) is 22.8. The molecule has 42 heavy (non-hydrogen) atoms. The van der Waals surface area contributed by atoms with E-state index in [0.29, 0.717) is 13.0 Å². The quantitative estimate of drug-likeness (QED) is 0.0555. The summed E-state index contributed by atoms with van der Waals surface area (Å²) in [6.45, 7) is 5.51. The van der Waals surface area contributed by atoms with Gasteiger partial charge >= 0.3 is 29.2 Å². The van der Waals surface area contributed by atoms with E-state index in [1.807, 2.05) is 20.8 Å². The van der Waals surface area contributed by atoms with Crippen molar-refractivity contribution in [3.63, 3.8) is 0 Å². The number of nitrogens with two attached hydrogens (primary N) is 1. The summed E-state index contributed by atoms with van der Waals surface area (Å²) in [7, 11) is -13.9. The molecule has 2 heterocycles. The van der Waals surface area contributed by atoms with E-state index in [1.165, 1.54) is 33.9 Å². The maximum absolute atomic E-state index is 12.3. The molecule has 0 spiro atoms. The van der Waals surface area contributed by atoms with Gasteiger partial charge in [0.15, 0.2) is 0 Å². The average Bonchev–Trinajstić information content (AvgIpc) is 3.23. The van der Waals surface area contributed by atoms with Crippen molar-refractivity contribution >= 4 is 56.8 Å². The van der Waals surface area contributed by atoms with Crippen molar-refractivity contribution in [2.24, 2.45) is 0 Å². The van der Waals surface area contributed by atoms with Crippen LogP contribution in [0.15, 0.2) is 17.1 Å². The zero-order chi connectivity index (χ0) is 31.8. The minimum absolute atomic E-state index is 0.0242. The second kappa shape index (κ2) is 16.0. The lowest BCUT2D eigenvalue weighted by atomic mass is 10.2. The van der Waals surface area contributed by atoms with Crippen LogP contribution in [0.4, 0.5) is 5.82 Å². The van der Waals surface area contributed by atoms with E-state index >= 15 is 0 Å². The van der Waals surface area contributed by atoms with Crippen LogP contribution >= 0.6 is 45.1 Å². The average molecular weight is 701 g/mol. The zero-order valence-corrected chi connectivity index (χ0v) is 27.2. The van der Waals surface area contributed by atoms with E-state index in [9.17, 15) is 33.1 Å². The van der Waals surface area contributed by atoms with Crippen LogP contribution in [0.2, 0.25) is 0 Å². The number of carbonyl (C=O) groups is 1. The van der Waals surface area contributed by atoms with E-state index in [4.69, 9.17) is 29.5 Å². The largest absolute Gasteiger partial charge is 0.490 e. The number of aromatic nitrogens is 2. The fourth-order valence-corrected chi connectivity index (χ4v) is 8.58. The Balaban J connectivity index is 2.02. The normalized spacial score (nSPS) is 22.4. The van der Waals surface area contributed by atoms with Gasteiger partial charge in [0.1, 0.15) is 24.1 Å². The van der Waals surface area contributed by atoms with Crippen LogP contribution < -0.4 is 16.7 Å². The monoisotopic (exact) mass is 700 g/mol. The highest BCUT2D eigenvalue weighted by molar-refractivity contribution is 8.77. The van der Waals surface area contributed by atoms with Gasteiger partial charge in [0.2, 0.25) is 5.91 Å². The third-order valence-electron chi connectivity index (χ3n) is 5.24. The smallest absolute Gasteiger partial charge is 0.383 e. The summed E-state index contributed by atoms with van der Waals surface area (Å²) in [5.41, 5.74) is 4.79. The molecule has 7 N–H and O–H groups in total. The second-order valence-electron chi connectivity index (χ2n) is 9.46. The number of phosphoric ester groups is 1. The minimum atomic E-state index is -5.71. The van der Waals surface area contributed by atoms with Gasteiger partial charge in [-0.15, -0.1) is 0 Å². The number of carbonyl (C=O) groups excluding carboxylic acids is 1. The molecular weight excluding hydrogens is 665 g/mol. The molecule has 242 valence electrons. The molecule has 18 nitrogen and oxygen atoms in total. The molecule has 1 amide bonds. The van der Waals surface area contributed by atoms with Gasteiger partial charge in [0.25, 0.3) is 0 Å². The third-order valence-corrected chi connectivity index (χ3v) is 12.0. The van der Waals surface area contributed by atoms with Gasteiger partial charge in [0, 0.05) is 30.3 Å². The van der Waals surface area contributed by atoms with Crippen LogP contribution in [0.5, 0.6) is 0 Å². The van der Waals surface area contributed by atoms with Crippen molar-refractivity contribution in [1.29, 1.82) is 0 Å². The summed E-state index contributed by atoms with van der Waals surface area (Å²) in [5.74, 6) is 0.0234. The summed E-state index contributed by atoms with van der Waals surface area (Å²) in [4.78, 5) is 64.4. The van der Waals surface area contributed by atoms with Crippen molar-refractivity contribution in [2.45, 2.75) is 69.6 Å². The summed E-state index contributed by atoms with van der Waals surface area (Å²) in [5, 5.41) is 2.89. The van der Waals surface area contributed by atoms with Crippen LogP contribution in [0.3, 0.4) is 0 Å². The Bertz CT molecular complexity index is 1260. The Morgan fingerprint density at radius 2 is 1.93 bits per heavy atom. The van der Waals surface area contributed by atoms with Gasteiger partial charge in [-0.25, -0.2) is 18.5 Å². The number of unbranched alkanes of at least 4 members (excludes halogenated alkanes) is 1. The first-order valence-corrected chi connectivity index (χ1v) is 19.1. The number of nitrogen functional groups attached to an aromatic ring is 1. The van der Waals surface area contributed by atoms with E-state index < -0.39 is 54.2 Å². The van der Waals surface area contributed by atoms with Crippen molar-refractivity contribution in [3.8, 4) is 0 Å². The highest BCUT2D eigenvalue weighted by atomic mass is 33.1. The van der Waals surface area contributed by atoms with Gasteiger partial charge < -0.3 is 40.1 Å². The second-order valence-corrected chi connectivity index (χ2v) is 16.8. The van der Waals surface area contributed by atoms with Crippen molar-refractivity contribution in [3.05, 3.63) is 22.7 Å². The molecule has 1 aliphatic heterocycles. The van der Waals surface area contributed by atoms with Crippen LogP contribution in [-0.2, 0) is 41.1 Å². The van der Waals surface area contributed by atoms with Gasteiger partial charge in [-0.2, -0.15) is 13.6 Å². The maximum Gasteiger partial charge on any atom is 0.490 e. The molecule has 1 fully saturated rings. The lowest BCUT2D eigenvalue weighted by molar-refractivity contribution is -0.121. The molecule has 0 bridgehead atoms. The molecule has 1 saturated heterocycles. The number of nitrogens with zero attached hydrogens (tertiary/aromatic N) is 2. The lowest BCUT2D eigenvalue weighted by Crippen LogP contribution is -2.35. The first-order chi connectivity index (χ1) is 19.3. The number of hydrogen-bond donors (Lipinski definition) is 6. The molecule has 1 aliphatic rings. The van der Waals surface area contributed by atoms with E-state index in [1.54, 1.807) is 0 Å². The first kappa shape index (κ1) is 37.4. The van der Waals surface area contributed by atoms with E-state index in [-0.39, 0.29) is 28.8 Å². The third kappa shape index (κ3) is 13.9. The van der Waals surface area contributed by atoms with Crippen molar-refractivity contribution in [1.82, 2.24) is 14.9 Å². The minimum Gasteiger partial charge on any atom is -0.383 e. The Morgan fingerprint density at radius 1 is 1.24 bits per heavy atom. The number of anilines is 1. The standard InChI is InChI=1S/C19H35N4O14P3S2/c1-4-5-6-16(24)21-11-19(2,3)42-41-12-33-13-9-17(23-8-7-15(20)22-18(23)25)35-14(13)10-34-39(29,30)37-40(31,32)36-38(26,27)28/h7-8,13-14,17H,4-6,9-12H2,1-3H3,(H,21,24)(H,29,30)(H,31,32)(H2,20,22,25)(H2,26,27,28)/t13?,14-,17-/m1/s1. The van der Waals surface area contributed by atoms with Gasteiger partial charge in [0.05, 0.1) is 12.7 Å². The summed E-state index contributed by atoms with van der Waals surface area (Å²) >= 11 is 0. The van der Waals surface area contributed by atoms with Crippen molar-refractivity contribution in [2.75, 3.05) is 24.8 Å². The van der Waals surface area contributed by atoms with Crippen LogP contribution in [0, 0.1) is 0 Å². The molecule has 1 aromatic heterocycles. The highest BCUT2D eigenvalue weighted by Crippen LogP contribution is 2.66. The van der Waals surface area contributed by atoms with Crippen LogP contribution in [0.1, 0.15) is 52.7 Å².